The molecule has 1 aliphatic rings. The molecule has 3 heterocycles. The van der Waals surface area contributed by atoms with Crippen molar-refractivity contribution in [2.24, 2.45) is 0 Å². The smallest absolute Gasteiger partial charge is 0.305 e. The van der Waals surface area contributed by atoms with E-state index >= 15 is 0 Å². The molecule has 166 valence electrons. The lowest BCUT2D eigenvalue weighted by Crippen LogP contribution is -2.32. The van der Waals surface area contributed by atoms with Gasteiger partial charge in [0.25, 0.3) is 0 Å². The lowest BCUT2D eigenvalue weighted by atomic mass is 9.79. The number of aromatic amines is 1. The standard InChI is InChI=1S/C24H17FN8O/c25-17-3-1-2-4-20(17)33-22(30-31-23(33)18-7-8-27-13-28-18)15-10-16(11-15)32-21-6-5-14(12-26)9-19(21)29-24(32)34/h1-9,13,15-16H,10-11H2,(H,29,34)/t15-,16-. The molecule has 5 aromatic rings. The highest BCUT2D eigenvalue weighted by molar-refractivity contribution is 5.77. The van der Waals surface area contributed by atoms with Crippen LogP contribution >= 0.6 is 0 Å². The van der Waals surface area contributed by atoms with Gasteiger partial charge in [-0.05, 0) is 49.2 Å². The van der Waals surface area contributed by atoms with E-state index in [4.69, 9.17) is 5.26 Å². The molecule has 10 heteroatoms. The Labute approximate surface area is 192 Å². The molecule has 6 rings (SSSR count). The van der Waals surface area contributed by atoms with Crippen LogP contribution in [-0.2, 0) is 0 Å². The van der Waals surface area contributed by atoms with E-state index in [0.29, 0.717) is 47.0 Å². The maximum Gasteiger partial charge on any atom is 0.326 e. The van der Waals surface area contributed by atoms with Gasteiger partial charge in [-0.1, -0.05) is 12.1 Å². The van der Waals surface area contributed by atoms with Crippen LogP contribution in [0.5, 0.6) is 0 Å². The third-order valence-corrected chi connectivity index (χ3v) is 6.28. The molecule has 0 bridgehead atoms. The first-order valence-electron chi connectivity index (χ1n) is 10.7. The SMILES string of the molecule is N#Cc1ccc2c(c1)[nH]c(=O)n2[C@H]1C[C@H](c2nnc(-c3ccncn3)n2-c2ccccc2F)C1. The summed E-state index contributed by atoms with van der Waals surface area (Å²) in [6.45, 7) is 0. The minimum absolute atomic E-state index is 0.0251. The van der Waals surface area contributed by atoms with Crippen molar-refractivity contribution in [2.45, 2.75) is 24.8 Å². The third kappa shape index (κ3) is 3.09. The molecule has 0 aliphatic heterocycles. The summed E-state index contributed by atoms with van der Waals surface area (Å²) in [5, 5.41) is 17.9. The van der Waals surface area contributed by atoms with Crippen LogP contribution in [-0.4, -0.2) is 34.3 Å². The summed E-state index contributed by atoms with van der Waals surface area (Å²) in [5.74, 6) is 0.632. The third-order valence-electron chi connectivity index (χ3n) is 6.28. The van der Waals surface area contributed by atoms with E-state index in [-0.39, 0.29) is 17.6 Å². The van der Waals surface area contributed by atoms with E-state index in [1.165, 1.54) is 12.4 Å². The second-order valence-corrected chi connectivity index (χ2v) is 8.23. The van der Waals surface area contributed by atoms with Gasteiger partial charge in [0.05, 0.1) is 28.4 Å². The van der Waals surface area contributed by atoms with Crippen molar-refractivity contribution in [3.8, 4) is 23.3 Å². The Morgan fingerprint density at radius 2 is 1.97 bits per heavy atom. The van der Waals surface area contributed by atoms with Crippen molar-refractivity contribution in [3.05, 3.63) is 88.7 Å². The average Bonchev–Trinajstić information content (AvgIpc) is 3.40. The number of nitrogens with one attached hydrogen (secondary N) is 1. The highest BCUT2D eigenvalue weighted by atomic mass is 19.1. The predicted molar refractivity (Wildman–Crippen MR) is 121 cm³/mol. The second-order valence-electron chi connectivity index (χ2n) is 8.23. The van der Waals surface area contributed by atoms with Crippen molar-refractivity contribution in [1.82, 2.24) is 34.3 Å². The molecular weight excluding hydrogens is 435 g/mol. The number of rotatable bonds is 4. The molecule has 3 aromatic heterocycles. The number of nitrogens with zero attached hydrogens (tertiary/aromatic N) is 7. The first-order valence-corrected chi connectivity index (χ1v) is 10.7. The van der Waals surface area contributed by atoms with E-state index < -0.39 is 5.82 Å². The molecule has 0 unspecified atom stereocenters. The van der Waals surface area contributed by atoms with E-state index in [2.05, 4.69) is 31.2 Å². The highest BCUT2D eigenvalue weighted by Crippen LogP contribution is 2.45. The van der Waals surface area contributed by atoms with Crippen LogP contribution in [0.15, 0.2) is 65.8 Å². The zero-order valence-electron chi connectivity index (χ0n) is 17.8. The summed E-state index contributed by atoms with van der Waals surface area (Å²) in [6.07, 6.45) is 4.30. The number of benzene rings is 2. The second kappa shape index (κ2) is 7.74. The number of hydrogen-bond acceptors (Lipinski definition) is 6. The first kappa shape index (κ1) is 20.0. The van der Waals surface area contributed by atoms with E-state index in [9.17, 15) is 9.18 Å². The number of halogens is 1. The summed E-state index contributed by atoms with van der Waals surface area (Å²) >= 11 is 0. The fourth-order valence-electron chi connectivity index (χ4n) is 4.59. The molecule has 1 saturated carbocycles. The van der Waals surface area contributed by atoms with Gasteiger partial charge in [-0.2, -0.15) is 5.26 Å². The Morgan fingerprint density at radius 3 is 2.74 bits per heavy atom. The van der Waals surface area contributed by atoms with Gasteiger partial charge >= 0.3 is 5.69 Å². The van der Waals surface area contributed by atoms with Crippen molar-refractivity contribution >= 4 is 11.0 Å². The Morgan fingerprint density at radius 1 is 1.12 bits per heavy atom. The monoisotopic (exact) mass is 452 g/mol. The molecule has 0 amide bonds. The number of nitriles is 1. The van der Waals surface area contributed by atoms with Gasteiger partial charge in [0, 0.05) is 18.2 Å². The summed E-state index contributed by atoms with van der Waals surface area (Å²) in [6, 6.07) is 15.4. The molecule has 0 radical (unpaired) electrons. The van der Waals surface area contributed by atoms with E-state index in [1.54, 1.807) is 57.8 Å². The van der Waals surface area contributed by atoms with Crippen LogP contribution in [0, 0.1) is 17.1 Å². The summed E-state index contributed by atoms with van der Waals surface area (Å²) < 4.78 is 18.3. The maximum absolute atomic E-state index is 14.8. The fraction of sp³-hybridized carbons (Fsp3) is 0.167. The van der Waals surface area contributed by atoms with Crippen molar-refractivity contribution in [2.75, 3.05) is 0 Å². The zero-order chi connectivity index (χ0) is 23.2. The Balaban J connectivity index is 1.38. The molecule has 2 aromatic carbocycles. The summed E-state index contributed by atoms with van der Waals surface area (Å²) in [4.78, 5) is 23.7. The molecule has 9 nitrogen and oxygen atoms in total. The summed E-state index contributed by atoms with van der Waals surface area (Å²) in [7, 11) is 0. The average molecular weight is 452 g/mol. The largest absolute Gasteiger partial charge is 0.326 e. The molecular formula is C24H17FN8O. The van der Waals surface area contributed by atoms with Crippen LogP contribution in [0.25, 0.3) is 28.2 Å². The predicted octanol–water partition coefficient (Wildman–Crippen LogP) is 3.50. The van der Waals surface area contributed by atoms with Crippen LogP contribution in [0.4, 0.5) is 4.39 Å². The molecule has 1 aliphatic carbocycles. The highest BCUT2D eigenvalue weighted by Gasteiger charge is 2.38. The number of fused-ring (bicyclic) bond motifs is 1. The molecule has 0 atom stereocenters. The molecule has 1 fully saturated rings. The van der Waals surface area contributed by atoms with Crippen molar-refractivity contribution in [1.29, 1.82) is 5.26 Å². The number of imidazole rings is 1. The summed E-state index contributed by atoms with van der Waals surface area (Å²) in [5.41, 5.74) is 2.54. The Kier molecular flexibility index (Phi) is 4.55. The minimum atomic E-state index is -0.393. The van der Waals surface area contributed by atoms with Crippen molar-refractivity contribution in [3.63, 3.8) is 0 Å². The molecule has 0 saturated heterocycles. The van der Waals surface area contributed by atoms with Gasteiger partial charge in [-0.3, -0.25) is 9.13 Å². The van der Waals surface area contributed by atoms with Crippen LogP contribution in [0.3, 0.4) is 0 Å². The molecule has 34 heavy (non-hydrogen) atoms. The fourth-order valence-corrected chi connectivity index (χ4v) is 4.59. The quantitative estimate of drug-likeness (QED) is 0.446. The Hall–Kier alpha value is -4.65. The number of aromatic nitrogens is 7. The zero-order valence-corrected chi connectivity index (χ0v) is 17.8. The van der Waals surface area contributed by atoms with Crippen molar-refractivity contribution < 1.29 is 4.39 Å². The molecule has 1 N–H and O–H groups in total. The lowest BCUT2D eigenvalue weighted by Gasteiger charge is -2.35. The number of hydrogen-bond donors (Lipinski definition) is 1. The van der Waals surface area contributed by atoms with Gasteiger partial charge in [-0.25, -0.2) is 19.2 Å². The van der Waals surface area contributed by atoms with Gasteiger partial charge in [0.2, 0.25) is 0 Å². The maximum atomic E-state index is 14.8. The first-order chi connectivity index (χ1) is 16.6. The number of H-pyrrole nitrogens is 1. The van der Waals surface area contributed by atoms with E-state index in [1.807, 2.05) is 0 Å². The van der Waals surface area contributed by atoms with Gasteiger partial charge < -0.3 is 4.98 Å². The lowest BCUT2D eigenvalue weighted by molar-refractivity contribution is 0.254. The molecule has 0 spiro atoms. The van der Waals surface area contributed by atoms with Gasteiger partial charge in [0.15, 0.2) is 5.82 Å². The number of para-hydroxylation sites is 1. The minimum Gasteiger partial charge on any atom is -0.305 e. The van der Waals surface area contributed by atoms with Crippen LogP contribution < -0.4 is 5.69 Å². The van der Waals surface area contributed by atoms with Crippen LogP contribution in [0.2, 0.25) is 0 Å². The van der Waals surface area contributed by atoms with Gasteiger partial charge in [0.1, 0.15) is 23.7 Å². The van der Waals surface area contributed by atoms with E-state index in [0.717, 1.165) is 5.52 Å². The van der Waals surface area contributed by atoms with Crippen LogP contribution in [0.1, 0.15) is 36.2 Å². The topological polar surface area (TPSA) is 118 Å². The normalized spacial score (nSPS) is 17.4. The Bertz CT molecular complexity index is 1620. The van der Waals surface area contributed by atoms with Gasteiger partial charge in [-0.15, -0.1) is 10.2 Å².